The monoisotopic (exact) mass is 198 g/mol. The summed E-state index contributed by atoms with van der Waals surface area (Å²) in [7, 11) is 0. The van der Waals surface area contributed by atoms with E-state index in [-0.39, 0.29) is 0 Å². The summed E-state index contributed by atoms with van der Waals surface area (Å²) < 4.78 is 21.3. The van der Waals surface area contributed by atoms with Crippen LogP contribution in [-0.4, -0.2) is 8.76 Å². The molecule has 0 aliphatic rings. The third kappa shape index (κ3) is 2.54. The van der Waals surface area contributed by atoms with Gasteiger partial charge in [0, 0.05) is 10.6 Å². The molecule has 0 bridgehead atoms. The van der Waals surface area contributed by atoms with Crippen molar-refractivity contribution in [2.24, 2.45) is 0 Å². The van der Waals surface area contributed by atoms with Crippen LogP contribution < -0.4 is 5.73 Å². The van der Waals surface area contributed by atoms with Crippen LogP contribution >= 0.6 is 0 Å². The fourth-order valence-electron chi connectivity index (χ4n) is 1.17. The molecule has 1 atom stereocenters. The number of nitrogen functional groups attached to an aromatic ring is 1. The lowest BCUT2D eigenvalue weighted by Crippen LogP contribution is -1.97. The van der Waals surface area contributed by atoms with Crippen LogP contribution in [0.1, 0.15) is 18.9 Å². The minimum atomic E-state index is -2.16. The van der Waals surface area contributed by atoms with Gasteiger partial charge in [-0.25, -0.2) is 0 Å². The van der Waals surface area contributed by atoms with E-state index >= 15 is 0 Å². The van der Waals surface area contributed by atoms with Crippen molar-refractivity contribution in [1.82, 2.24) is 0 Å². The second-order valence-corrected chi connectivity index (χ2v) is 3.79. The average Bonchev–Trinajstić information content (AvgIpc) is 2.08. The lowest BCUT2D eigenvalue weighted by Gasteiger charge is -2.09. The van der Waals surface area contributed by atoms with E-state index in [1.54, 1.807) is 12.1 Å². The van der Waals surface area contributed by atoms with Gasteiger partial charge in [-0.3, -0.25) is 4.21 Å². The predicted molar refractivity (Wildman–Crippen MR) is 52.0 cm³/mol. The minimum Gasteiger partial charge on any atom is -0.768 e. The Labute approximate surface area is 80.2 Å². The Balaban J connectivity index is 3.03. The van der Waals surface area contributed by atoms with Crippen LogP contribution in [0.5, 0.6) is 0 Å². The summed E-state index contributed by atoms with van der Waals surface area (Å²) in [4.78, 5) is 0.303. The quantitative estimate of drug-likeness (QED) is 0.590. The van der Waals surface area contributed by atoms with Gasteiger partial charge in [-0.15, -0.1) is 0 Å². The molecule has 0 saturated heterocycles. The van der Waals surface area contributed by atoms with Crippen molar-refractivity contribution in [3.05, 3.63) is 23.8 Å². The summed E-state index contributed by atoms with van der Waals surface area (Å²) in [5, 5.41) is 0. The minimum absolute atomic E-state index is 0.303. The standard InChI is InChI=1S/C9H13NO2S/c1-2-3-7-6-8(13(11)12)4-5-9(7)10/h4-6H,2-3,10H2,1H3,(H,11,12)/p-1. The van der Waals surface area contributed by atoms with Gasteiger partial charge >= 0.3 is 0 Å². The van der Waals surface area contributed by atoms with Crippen molar-refractivity contribution < 1.29 is 8.76 Å². The van der Waals surface area contributed by atoms with Crippen molar-refractivity contribution in [2.75, 3.05) is 5.73 Å². The van der Waals surface area contributed by atoms with Crippen LogP contribution in [0.4, 0.5) is 5.69 Å². The molecule has 0 aliphatic heterocycles. The smallest absolute Gasteiger partial charge is 0.0347 e. The second-order valence-electron chi connectivity index (χ2n) is 2.85. The summed E-state index contributed by atoms with van der Waals surface area (Å²) in [5.74, 6) is 0. The highest BCUT2D eigenvalue weighted by atomic mass is 32.2. The molecule has 72 valence electrons. The molecule has 0 fully saturated rings. The number of anilines is 1. The summed E-state index contributed by atoms with van der Waals surface area (Å²) in [6.45, 7) is 2.03. The van der Waals surface area contributed by atoms with Gasteiger partial charge < -0.3 is 10.3 Å². The van der Waals surface area contributed by atoms with Crippen molar-refractivity contribution in [3.63, 3.8) is 0 Å². The van der Waals surface area contributed by atoms with E-state index in [9.17, 15) is 8.76 Å². The maximum Gasteiger partial charge on any atom is 0.0347 e. The van der Waals surface area contributed by atoms with E-state index in [2.05, 4.69) is 0 Å². The molecular formula is C9H12NO2S-. The zero-order valence-corrected chi connectivity index (χ0v) is 8.26. The van der Waals surface area contributed by atoms with Gasteiger partial charge in [0.1, 0.15) is 0 Å². The Morgan fingerprint density at radius 1 is 1.54 bits per heavy atom. The van der Waals surface area contributed by atoms with Gasteiger partial charge in [-0.1, -0.05) is 13.3 Å². The molecule has 0 heterocycles. The zero-order chi connectivity index (χ0) is 9.84. The van der Waals surface area contributed by atoms with Crippen LogP contribution in [0.2, 0.25) is 0 Å². The molecule has 13 heavy (non-hydrogen) atoms. The normalized spacial score (nSPS) is 12.8. The maximum atomic E-state index is 10.6. The highest BCUT2D eigenvalue weighted by Crippen LogP contribution is 2.17. The summed E-state index contributed by atoms with van der Waals surface area (Å²) >= 11 is -2.16. The average molecular weight is 198 g/mol. The van der Waals surface area contributed by atoms with E-state index in [0.717, 1.165) is 18.4 Å². The molecule has 1 aromatic carbocycles. The molecule has 0 aromatic heterocycles. The van der Waals surface area contributed by atoms with Gasteiger partial charge in [-0.05, 0) is 41.3 Å². The first kappa shape index (κ1) is 10.2. The highest BCUT2D eigenvalue weighted by molar-refractivity contribution is 7.79. The topological polar surface area (TPSA) is 66.1 Å². The molecule has 0 spiro atoms. The number of aryl methyl sites for hydroxylation is 1. The van der Waals surface area contributed by atoms with E-state index in [1.807, 2.05) is 6.92 Å². The Morgan fingerprint density at radius 2 is 2.23 bits per heavy atom. The first-order valence-electron chi connectivity index (χ1n) is 4.12. The molecule has 3 nitrogen and oxygen atoms in total. The van der Waals surface area contributed by atoms with E-state index < -0.39 is 11.1 Å². The van der Waals surface area contributed by atoms with Gasteiger partial charge in [0.25, 0.3) is 0 Å². The Kier molecular flexibility index (Phi) is 3.45. The Bertz CT molecular complexity index is 325. The van der Waals surface area contributed by atoms with Gasteiger partial charge in [0.2, 0.25) is 0 Å². The van der Waals surface area contributed by atoms with E-state index in [1.165, 1.54) is 6.07 Å². The van der Waals surface area contributed by atoms with Crippen molar-refractivity contribution >= 4 is 16.8 Å². The lowest BCUT2D eigenvalue weighted by atomic mass is 10.1. The second kappa shape index (κ2) is 4.39. The highest BCUT2D eigenvalue weighted by Gasteiger charge is 2.00. The van der Waals surface area contributed by atoms with Gasteiger partial charge in [0.15, 0.2) is 0 Å². The lowest BCUT2D eigenvalue weighted by molar-refractivity contribution is 0.537. The molecular weight excluding hydrogens is 186 g/mol. The molecule has 4 heteroatoms. The molecule has 2 N–H and O–H groups in total. The van der Waals surface area contributed by atoms with Gasteiger partial charge in [0.05, 0.1) is 0 Å². The Hall–Kier alpha value is -0.870. The number of hydrogen-bond donors (Lipinski definition) is 1. The summed E-state index contributed by atoms with van der Waals surface area (Å²) in [6.07, 6.45) is 1.77. The van der Waals surface area contributed by atoms with Crippen LogP contribution in [-0.2, 0) is 17.5 Å². The Morgan fingerprint density at radius 3 is 2.77 bits per heavy atom. The number of nitrogens with two attached hydrogens (primary N) is 1. The predicted octanol–water partition coefficient (Wildman–Crippen LogP) is 1.46. The largest absolute Gasteiger partial charge is 0.768 e. The number of hydrogen-bond acceptors (Lipinski definition) is 3. The van der Waals surface area contributed by atoms with Gasteiger partial charge in [-0.2, -0.15) is 0 Å². The number of benzene rings is 1. The molecule has 0 amide bonds. The third-order valence-corrected chi connectivity index (χ3v) is 2.47. The number of rotatable bonds is 3. The van der Waals surface area contributed by atoms with Crippen LogP contribution in [0.3, 0.4) is 0 Å². The van der Waals surface area contributed by atoms with Crippen molar-refractivity contribution in [2.45, 2.75) is 24.7 Å². The summed E-state index contributed by atoms with van der Waals surface area (Å²) in [6, 6.07) is 4.77. The van der Waals surface area contributed by atoms with Crippen LogP contribution in [0, 0.1) is 0 Å². The van der Waals surface area contributed by atoms with Crippen molar-refractivity contribution in [1.29, 1.82) is 0 Å². The molecule has 0 radical (unpaired) electrons. The molecule has 1 unspecified atom stereocenters. The van der Waals surface area contributed by atoms with E-state index in [0.29, 0.717) is 10.6 Å². The summed E-state index contributed by atoms with van der Waals surface area (Å²) in [5.41, 5.74) is 7.24. The maximum absolute atomic E-state index is 10.6. The SMILES string of the molecule is CCCc1cc(S(=O)[O-])ccc1N. The van der Waals surface area contributed by atoms with Crippen molar-refractivity contribution in [3.8, 4) is 0 Å². The first-order chi connectivity index (χ1) is 6.15. The molecule has 0 aliphatic carbocycles. The molecule has 0 saturated carbocycles. The molecule has 1 rings (SSSR count). The van der Waals surface area contributed by atoms with E-state index in [4.69, 9.17) is 5.73 Å². The van der Waals surface area contributed by atoms with Crippen LogP contribution in [0.15, 0.2) is 23.1 Å². The molecule has 1 aromatic rings. The first-order valence-corrected chi connectivity index (χ1v) is 5.20. The third-order valence-electron chi connectivity index (χ3n) is 1.83. The van der Waals surface area contributed by atoms with Crippen LogP contribution in [0.25, 0.3) is 0 Å². The fourth-order valence-corrected chi connectivity index (χ4v) is 1.59. The zero-order valence-electron chi connectivity index (χ0n) is 7.45. The fraction of sp³-hybridized carbons (Fsp3) is 0.333.